The van der Waals surface area contributed by atoms with Crippen LogP contribution in [0.4, 0.5) is 15.8 Å². The monoisotopic (exact) mass is 421 g/mol. The third kappa shape index (κ3) is 5.77. The molecule has 2 aromatic carbocycles. The van der Waals surface area contributed by atoms with Gasteiger partial charge in [-0.25, -0.2) is 12.8 Å². The summed E-state index contributed by atoms with van der Waals surface area (Å²) in [4.78, 5) is 14.5. The van der Waals surface area contributed by atoms with Gasteiger partial charge >= 0.3 is 0 Å². The number of nitrogens with zero attached hydrogens (tertiary/aromatic N) is 2. The smallest absolute Gasteiger partial charge is 0.243 e. The molecule has 0 aliphatic heterocycles. The second-order valence-corrected chi connectivity index (χ2v) is 9.38. The highest BCUT2D eigenvalue weighted by Gasteiger charge is 2.23. The van der Waals surface area contributed by atoms with Gasteiger partial charge in [0.25, 0.3) is 0 Å². The Kier molecular flexibility index (Phi) is 7.37. The minimum atomic E-state index is -3.57. The Balaban J connectivity index is 2.09. The van der Waals surface area contributed by atoms with Crippen LogP contribution in [0.25, 0.3) is 0 Å². The first-order chi connectivity index (χ1) is 13.5. The van der Waals surface area contributed by atoms with E-state index in [2.05, 4.69) is 5.32 Å². The van der Waals surface area contributed by atoms with Crippen molar-refractivity contribution in [3.05, 3.63) is 54.3 Å². The first-order valence-electron chi connectivity index (χ1n) is 9.42. The van der Waals surface area contributed by atoms with Crippen LogP contribution in [0.5, 0.6) is 0 Å². The number of hydrogen-bond donors (Lipinski definition) is 1. The zero-order chi connectivity index (χ0) is 21.8. The van der Waals surface area contributed by atoms with E-state index in [1.54, 1.807) is 38.1 Å². The van der Waals surface area contributed by atoms with Gasteiger partial charge in [0, 0.05) is 30.5 Å². The lowest BCUT2D eigenvalue weighted by Crippen LogP contribution is -2.38. The summed E-state index contributed by atoms with van der Waals surface area (Å²) in [6.07, 6.45) is 0. The van der Waals surface area contributed by atoms with E-state index in [1.165, 1.54) is 35.6 Å². The summed E-state index contributed by atoms with van der Waals surface area (Å²) in [6.45, 7) is 7.57. The third-order valence-electron chi connectivity index (χ3n) is 4.64. The molecule has 0 saturated carbocycles. The fraction of sp³-hybridized carbons (Fsp3) is 0.381. The lowest BCUT2D eigenvalue weighted by Gasteiger charge is -2.28. The molecule has 2 rings (SSSR count). The molecule has 0 aromatic heterocycles. The van der Waals surface area contributed by atoms with Crippen molar-refractivity contribution in [2.45, 2.75) is 44.7 Å². The maximum Gasteiger partial charge on any atom is 0.243 e. The fourth-order valence-corrected chi connectivity index (χ4v) is 4.08. The minimum absolute atomic E-state index is 0.0327. The van der Waals surface area contributed by atoms with Crippen molar-refractivity contribution < 1.29 is 17.6 Å². The summed E-state index contributed by atoms with van der Waals surface area (Å²) in [5, 5.41) is 2.78. The van der Waals surface area contributed by atoms with Crippen molar-refractivity contribution in [1.29, 1.82) is 0 Å². The molecule has 2 aromatic rings. The largest absolute Gasteiger partial charge is 0.360 e. The van der Waals surface area contributed by atoms with Gasteiger partial charge in [-0.15, -0.1) is 0 Å². The summed E-state index contributed by atoms with van der Waals surface area (Å²) >= 11 is 0. The Morgan fingerprint density at radius 2 is 1.52 bits per heavy atom. The van der Waals surface area contributed by atoms with Gasteiger partial charge in [0.1, 0.15) is 5.82 Å². The highest BCUT2D eigenvalue weighted by molar-refractivity contribution is 7.89. The average Bonchev–Trinajstić information content (AvgIpc) is 2.66. The van der Waals surface area contributed by atoms with Crippen molar-refractivity contribution in [2.75, 3.05) is 23.8 Å². The molecule has 1 N–H and O–H groups in total. The molecule has 8 heteroatoms. The molecule has 0 unspecified atom stereocenters. The molecule has 0 bridgehead atoms. The van der Waals surface area contributed by atoms with Crippen molar-refractivity contribution in [1.82, 2.24) is 4.31 Å². The van der Waals surface area contributed by atoms with Crippen molar-refractivity contribution in [3.63, 3.8) is 0 Å². The summed E-state index contributed by atoms with van der Waals surface area (Å²) in [5.74, 6) is -0.585. The molecule has 0 heterocycles. The van der Waals surface area contributed by atoms with Crippen LogP contribution in [0.1, 0.15) is 27.7 Å². The number of hydrogen-bond acceptors (Lipinski definition) is 4. The molecule has 158 valence electrons. The van der Waals surface area contributed by atoms with Crippen molar-refractivity contribution in [3.8, 4) is 0 Å². The predicted molar refractivity (Wildman–Crippen MR) is 114 cm³/mol. The zero-order valence-electron chi connectivity index (χ0n) is 17.4. The summed E-state index contributed by atoms with van der Waals surface area (Å²) in [5.41, 5.74) is 1.25. The summed E-state index contributed by atoms with van der Waals surface area (Å²) in [7, 11) is -2.04. The summed E-state index contributed by atoms with van der Waals surface area (Å²) < 4.78 is 39.5. The van der Waals surface area contributed by atoms with E-state index in [4.69, 9.17) is 0 Å². The van der Waals surface area contributed by atoms with Crippen LogP contribution in [0.3, 0.4) is 0 Å². The SMILES string of the molecule is CC(C)N(CC(=O)Nc1ccc(S(=O)(=O)N(C)C(C)C)cc1)c1ccc(F)cc1. The van der Waals surface area contributed by atoms with Crippen LogP contribution in [0.2, 0.25) is 0 Å². The topological polar surface area (TPSA) is 69.7 Å². The van der Waals surface area contributed by atoms with Gasteiger partial charge in [-0.1, -0.05) is 0 Å². The number of benzene rings is 2. The number of amides is 1. The van der Waals surface area contributed by atoms with Crippen LogP contribution < -0.4 is 10.2 Å². The lowest BCUT2D eigenvalue weighted by molar-refractivity contribution is -0.115. The van der Waals surface area contributed by atoms with E-state index in [-0.39, 0.29) is 35.2 Å². The van der Waals surface area contributed by atoms with E-state index < -0.39 is 10.0 Å². The van der Waals surface area contributed by atoms with Crippen LogP contribution in [-0.4, -0.2) is 44.3 Å². The molecule has 0 saturated heterocycles. The Labute approximate surface area is 172 Å². The van der Waals surface area contributed by atoms with Gasteiger partial charge in [0.2, 0.25) is 15.9 Å². The molecule has 6 nitrogen and oxygen atoms in total. The van der Waals surface area contributed by atoms with Gasteiger partial charge < -0.3 is 10.2 Å². The zero-order valence-corrected chi connectivity index (χ0v) is 18.2. The van der Waals surface area contributed by atoms with Gasteiger partial charge in [0.15, 0.2) is 0 Å². The third-order valence-corrected chi connectivity index (χ3v) is 6.69. The molecule has 29 heavy (non-hydrogen) atoms. The van der Waals surface area contributed by atoms with E-state index in [0.717, 1.165) is 5.69 Å². The van der Waals surface area contributed by atoms with Crippen molar-refractivity contribution >= 4 is 27.3 Å². The number of carbonyl (C=O) groups excluding carboxylic acids is 1. The molecule has 0 atom stereocenters. The number of carbonyl (C=O) groups is 1. The lowest BCUT2D eigenvalue weighted by atomic mass is 10.2. The second-order valence-electron chi connectivity index (χ2n) is 7.39. The maximum atomic E-state index is 13.2. The molecule has 0 fully saturated rings. The van der Waals surface area contributed by atoms with Gasteiger partial charge in [-0.2, -0.15) is 4.31 Å². The fourth-order valence-electron chi connectivity index (χ4n) is 2.71. The van der Waals surface area contributed by atoms with Crippen LogP contribution >= 0.6 is 0 Å². The number of anilines is 2. The highest BCUT2D eigenvalue weighted by Crippen LogP contribution is 2.20. The van der Waals surface area contributed by atoms with Crippen molar-refractivity contribution in [2.24, 2.45) is 0 Å². The minimum Gasteiger partial charge on any atom is -0.360 e. The highest BCUT2D eigenvalue weighted by atomic mass is 32.2. The van der Waals surface area contributed by atoms with Crippen LogP contribution in [0, 0.1) is 5.82 Å². The van der Waals surface area contributed by atoms with Gasteiger partial charge in [-0.3, -0.25) is 4.79 Å². The average molecular weight is 422 g/mol. The number of rotatable bonds is 8. The van der Waals surface area contributed by atoms with Crippen LogP contribution in [-0.2, 0) is 14.8 Å². The molecule has 0 radical (unpaired) electrons. The van der Waals surface area contributed by atoms with E-state index >= 15 is 0 Å². The molecule has 0 aliphatic carbocycles. The second kappa shape index (κ2) is 9.37. The number of sulfonamides is 1. The van der Waals surface area contributed by atoms with E-state index in [0.29, 0.717) is 5.69 Å². The standard InChI is InChI=1S/C21H28FN3O3S/c1-15(2)24(5)29(27,28)20-12-8-18(9-13-20)23-21(26)14-25(16(3)4)19-10-6-17(22)7-11-19/h6-13,15-16H,14H2,1-5H3,(H,23,26). The molecular weight excluding hydrogens is 393 g/mol. The Bertz CT molecular complexity index is 927. The van der Waals surface area contributed by atoms with Gasteiger partial charge in [0.05, 0.1) is 11.4 Å². The number of nitrogens with one attached hydrogen (secondary N) is 1. The normalized spacial score (nSPS) is 11.9. The Hall–Kier alpha value is -2.45. The summed E-state index contributed by atoms with van der Waals surface area (Å²) in [6, 6.07) is 11.9. The Morgan fingerprint density at radius 1 is 0.966 bits per heavy atom. The molecule has 0 spiro atoms. The molecule has 1 amide bonds. The molecule has 0 aliphatic rings. The number of halogens is 1. The van der Waals surface area contributed by atoms with E-state index in [1.807, 2.05) is 18.7 Å². The van der Waals surface area contributed by atoms with Gasteiger partial charge in [-0.05, 0) is 76.2 Å². The predicted octanol–water partition coefficient (Wildman–Crippen LogP) is 3.71. The van der Waals surface area contributed by atoms with Crippen LogP contribution in [0.15, 0.2) is 53.4 Å². The molecular formula is C21H28FN3O3S. The van der Waals surface area contributed by atoms with E-state index in [9.17, 15) is 17.6 Å². The maximum absolute atomic E-state index is 13.2. The first-order valence-corrected chi connectivity index (χ1v) is 10.9. The first kappa shape index (κ1) is 22.8. The quantitative estimate of drug-likeness (QED) is 0.706. The Morgan fingerprint density at radius 3 is 2.00 bits per heavy atom.